The van der Waals surface area contributed by atoms with E-state index in [2.05, 4.69) is 19.4 Å². The third-order valence-electron chi connectivity index (χ3n) is 3.31. The van der Waals surface area contributed by atoms with Gasteiger partial charge in [0.1, 0.15) is 11.0 Å². The molecule has 3 rings (SSSR count). The van der Waals surface area contributed by atoms with E-state index in [1.807, 2.05) is 0 Å². The second kappa shape index (κ2) is 5.30. The van der Waals surface area contributed by atoms with Crippen LogP contribution in [0, 0.1) is 0 Å². The number of aromatic nitrogens is 2. The van der Waals surface area contributed by atoms with Gasteiger partial charge in [-0.3, -0.25) is 0 Å². The van der Waals surface area contributed by atoms with Gasteiger partial charge in [-0.25, -0.2) is 4.79 Å². The van der Waals surface area contributed by atoms with E-state index in [-0.39, 0.29) is 12.1 Å². The highest BCUT2D eigenvalue weighted by molar-refractivity contribution is 7.00. The van der Waals surface area contributed by atoms with Crippen LogP contribution in [-0.4, -0.2) is 20.8 Å². The first kappa shape index (κ1) is 12.6. The lowest BCUT2D eigenvalue weighted by Gasteiger charge is -2.13. The molecular weight excluding hydrogens is 284 g/mol. The quantitative estimate of drug-likeness (QED) is 0.892. The zero-order valence-electron chi connectivity index (χ0n) is 10.1. The summed E-state index contributed by atoms with van der Waals surface area (Å²) >= 11 is 7.22. The average molecular weight is 297 g/mol. The van der Waals surface area contributed by atoms with E-state index in [4.69, 9.17) is 11.6 Å². The third kappa shape index (κ3) is 2.64. The van der Waals surface area contributed by atoms with Crippen molar-refractivity contribution in [3.05, 3.63) is 17.2 Å². The molecule has 1 aliphatic carbocycles. The maximum absolute atomic E-state index is 12.0. The number of amides is 2. The molecule has 2 amide bonds. The van der Waals surface area contributed by atoms with Gasteiger partial charge < -0.3 is 10.6 Å². The Morgan fingerprint density at radius 1 is 1.32 bits per heavy atom. The van der Waals surface area contributed by atoms with Crippen LogP contribution in [0.3, 0.4) is 0 Å². The number of fused-ring (bicyclic) bond motifs is 1. The SMILES string of the molecule is O=C(Nc1c(Cl)ccc2nsnc12)NC1CCCC1. The number of hydrogen-bond donors (Lipinski definition) is 2. The normalized spacial score (nSPS) is 15.8. The monoisotopic (exact) mass is 296 g/mol. The van der Waals surface area contributed by atoms with Crippen LogP contribution in [0.5, 0.6) is 0 Å². The van der Waals surface area contributed by atoms with Gasteiger partial charge in [0.05, 0.1) is 22.4 Å². The summed E-state index contributed by atoms with van der Waals surface area (Å²) in [5, 5.41) is 6.22. The molecule has 0 aliphatic heterocycles. The summed E-state index contributed by atoms with van der Waals surface area (Å²) < 4.78 is 8.30. The van der Waals surface area contributed by atoms with Crippen molar-refractivity contribution in [1.29, 1.82) is 0 Å². The maximum atomic E-state index is 12.0. The molecule has 1 aromatic heterocycles. The molecule has 0 spiro atoms. The Labute approximate surface area is 119 Å². The Morgan fingerprint density at radius 2 is 2.11 bits per heavy atom. The van der Waals surface area contributed by atoms with E-state index < -0.39 is 0 Å². The topological polar surface area (TPSA) is 66.9 Å². The summed E-state index contributed by atoms with van der Waals surface area (Å²) in [5.74, 6) is 0. The number of benzene rings is 1. The Balaban J connectivity index is 1.78. The lowest BCUT2D eigenvalue weighted by Crippen LogP contribution is -2.36. The minimum Gasteiger partial charge on any atom is -0.335 e. The molecule has 0 radical (unpaired) electrons. The number of halogens is 1. The second-order valence-electron chi connectivity index (χ2n) is 4.63. The Hall–Kier alpha value is -1.40. The summed E-state index contributed by atoms with van der Waals surface area (Å²) in [6.45, 7) is 0. The summed E-state index contributed by atoms with van der Waals surface area (Å²) in [6, 6.07) is 3.55. The van der Waals surface area contributed by atoms with Gasteiger partial charge >= 0.3 is 6.03 Å². The van der Waals surface area contributed by atoms with Crippen molar-refractivity contribution in [3.63, 3.8) is 0 Å². The number of nitrogens with zero attached hydrogens (tertiary/aromatic N) is 2. The van der Waals surface area contributed by atoms with Gasteiger partial charge in [-0.2, -0.15) is 8.75 Å². The van der Waals surface area contributed by atoms with Crippen LogP contribution in [0.15, 0.2) is 12.1 Å². The van der Waals surface area contributed by atoms with Crippen molar-refractivity contribution in [2.45, 2.75) is 31.7 Å². The second-order valence-corrected chi connectivity index (χ2v) is 5.57. The van der Waals surface area contributed by atoms with E-state index >= 15 is 0 Å². The Kier molecular flexibility index (Phi) is 3.52. The van der Waals surface area contributed by atoms with Crippen molar-refractivity contribution >= 4 is 46.1 Å². The molecule has 2 N–H and O–H groups in total. The van der Waals surface area contributed by atoms with Crippen molar-refractivity contribution in [1.82, 2.24) is 14.1 Å². The number of rotatable bonds is 2. The minimum absolute atomic E-state index is 0.227. The van der Waals surface area contributed by atoms with Crippen molar-refractivity contribution in [3.8, 4) is 0 Å². The third-order valence-corrected chi connectivity index (χ3v) is 4.16. The number of anilines is 1. The van der Waals surface area contributed by atoms with Gasteiger partial charge in [0.25, 0.3) is 0 Å². The van der Waals surface area contributed by atoms with Gasteiger partial charge in [0.15, 0.2) is 0 Å². The van der Waals surface area contributed by atoms with Gasteiger partial charge in [-0.1, -0.05) is 24.4 Å². The molecule has 1 heterocycles. The van der Waals surface area contributed by atoms with Crippen LogP contribution in [0.2, 0.25) is 5.02 Å². The van der Waals surface area contributed by atoms with Crippen molar-refractivity contribution < 1.29 is 4.79 Å². The molecule has 100 valence electrons. The van der Waals surface area contributed by atoms with Crippen LogP contribution in [-0.2, 0) is 0 Å². The molecule has 1 fully saturated rings. The number of carbonyl (C=O) groups is 1. The molecule has 1 aliphatic rings. The first-order valence-corrected chi connectivity index (χ1v) is 7.33. The predicted molar refractivity (Wildman–Crippen MR) is 76.8 cm³/mol. The average Bonchev–Trinajstić information content (AvgIpc) is 3.03. The molecule has 7 heteroatoms. The van der Waals surface area contributed by atoms with E-state index in [0.717, 1.165) is 30.1 Å². The van der Waals surface area contributed by atoms with Crippen LogP contribution >= 0.6 is 23.3 Å². The largest absolute Gasteiger partial charge is 0.335 e. The van der Waals surface area contributed by atoms with Gasteiger partial charge in [0.2, 0.25) is 0 Å². The van der Waals surface area contributed by atoms with Crippen LogP contribution in [0.4, 0.5) is 10.5 Å². The zero-order chi connectivity index (χ0) is 13.2. The van der Waals surface area contributed by atoms with Crippen LogP contribution < -0.4 is 10.6 Å². The molecule has 1 aromatic carbocycles. The summed E-state index contributed by atoms with van der Waals surface area (Å²) in [7, 11) is 0. The van der Waals surface area contributed by atoms with Gasteiger partial charge in [-0.05, 0) is 25.0 Å². The fourth-order valence-corrected chi connectivity index (χ4v) is 3.09. The van der Waals surface area contributed by atoms with Gasteiger partial charge in [-0.15, -0.1) is 0 Å². The summed E-state index contributed by atoms with van der Waals surface area (Å²) in [5.41, 5.74) is 1.91. The maximum Gasteiger partial charge on any atom is 0.319 e. The first-order valence-electron chi connectivity index (χ1n) is 6.22. The van der Waals surface area contributed by atoms with Crippen LogP contribution in [0.1, 0.15) is 25.7 Å². The predicted octanol–water partition coefficient (Wildman–Crippen LogP) is 3.41. The summed E-state index contributed by atoms with van der Waals surface area (Å²) in [6.07, 6.45) is 4.45. The minimum atomic E-state index is -0.227. The summed E-state index contributed by atoms with van der Waals surface area (Å²) in [4.78, 5) is 12.0. The van der Waals surface area contributed by atoms with E-state index in [1.165, 1.54) is 12.8 Å². The number of hydrogen-bond acceptors (Lipinski definition) is 4. The molecule has 0 atom stereocenters. The lowest BCUT2D eigenvalue weighted by molar-refractivity contribution is 0.248. The highest BCUT2D eigenvalue weighted by Gasteiger charge is 2.18. The van der Waals surface area contributed by atoms with E-state index in [1.54, 1.807) is 12.1 Å². The lowest BCUT2D eigenvalue weighted by atomic mass is 10.2. The molecule has 2 aromatic rings. The zero-order valence-corrected chi connectivity index (χ0v) is 11.7. The fraction of sp³-hybridized carbons (Fsp3) is 0.417. The van der Waals surface area contributed by atoms with Crippen molar-refractivity contribution in [2.75, 3.05) is 5.32 Å². The Bertz CT molecular complexity index is 609. The molecule has 19 heavy (non-hydrogen) atoms. The molecule has 5 nitrogen and oxygen atoms in total. The Morgan fingerprint density at radius 3 is 2.89 bits per heavy atom. The standard InChI is InChI=1S/C12H13ClN4OS/c13-8-5-6-9-11(17-19-16-9)10(8)15-12(18)14-7-3-1-2-4-7/h5-7H,1-4H2,(H2,14,15,18). The molecule has 0 saturated heterocycles. The highest BCUT2D eigenvalue weighted by atomic mass is 35.5. The van der Waals surface area contributed by atoms with E-state index in [0.29, 0.717) is 16.2 Å². The number of nitrogens with one attached hydrogen (secondary N) is 2. The van der Waals surface area contributed by atoms with Crippen LogP contribution in [0.25, 0.3) is 11.0 Å². The molecule has 1 saturated carbocycles. The van der Waals surface area contributed by atoms with E-state index in [9.17, 15) is 4.79 Å². The first-order chi connectivity index (χ1) is 9.24. The number of urea groups is 1. The van der Waals surface area contributed by atoms with Crippen molar-refractivity contribution in [2.24, 2.45) is 0 Å². The molecule has 0 unspecified atom stereocenters. The molecular formula is C12H13ClN4OS. The van der Waals surface area contributed by atoms with Gasteiger partial charge in [0, 0.05) is 6.04 Å². The number of carbonyl (C=O) groups excluding carboxylic acids is 1. The smallest absolute Gasteiger partial charge is 0.319 e. The molecule has 0 bridgehead atoms. The highest BCUT2D eigenvalue weighted by Crippen LogP contribution is 2.30. The fourth-order valence-electron chi connectivity index (χ4n) is 2.35.